The highest BCUT2D eigenvalue weighted by Gasteiger charge is 1.99. The van der Waals surface area contributed by atoms with Gasteiger partial charge in [0.2, 0.25) is 0 Å². The van der Waals surface area contributed by atoms with E-state index in [0.29, 0.717) is 18.4 Å². The highest BCUT2D eigenvalue weighted by molar-refractivity contribution is 14.0. The maximum absolute atomic E-state index is 5.82. The summed E-state index contributed by atoms with van der Waals surface area (Å²) >= 11 is 0. The molecule has 0 atom stereocenters. The first kappa shape index (κ1) is 18.9. The number of guanidine groups is 1. The smallest absolute Gasteiger partial charge is 0.188 e. The first-order chi connectivity index (χ1) is 8.99. The van der Waals surface area contributed by atoms with Crippen LogP contribution in [0.25, 0.3) is 0 Å². The van der Waals surface area contributed by atoms with Gasteiger partial charge in [-0.2, -0.15) is 0 Å². The molecule has 1 aromatic rings. The average Bonchev–Trinajstić information content (AvgIpc) is 2.36. The SMILES string of the molecule is CC(C)CCNC(N)=NCc1ccnc(N(C)C)c1.I. The van der Waals surface area contributed by atoms with Crippen LogP contribution in [0.4, 0.5) is 5.82 Å². The topological polar surface area (TPSA) is 66.5 Å². The second kappa shape index (κ2) is 9.79. The molecule has 1 aromatic heterocycles. The molecule has 5 nitrogen and oxygen atoms in total. The van der Waals surface area contributed by atoms with E-state index in [-0.39, 0.29) is 24.0 Å². The van der Waals surface area contributed by atoms with Gasteiger partial charge < -0.3 is 16.0 Å². The average molecular weight is 391 g/mol. The van der Waals surface area contributed by atoms with Crippen LogP contribution in [0.3, 0.4) is 0 Å². The molecule has 0 radical (unpaired) electrons. The normalized spacial score (nSPS) is 11.2. The van der Waals surface area contributed by atoms with Crippen molar-refractivity contribution in [3.05, 3.63) is 23.9 Å². The van der Waals surface area contributed by atoms with E-state index in [1.54, 1.807) is 6.20 Å². The molecule has 1 heterocycles. The predicted octanol–water partition coefficient (Wildman–Crippen LogP) is 2.22. The van der Waals surface area contributed by atoms with Crippen LogP contribution in [0.2, 0.25) is 0 Å². The fourth-order valence-corrected chi connectivity index (χ4v) is 1.52. The van der Waals surface area contributed by atoms with Gasteiger partial charge in [0, 0.05) is 26.8 Å². The lowest BCUT2D eigenvalue weighted by Gasteiger charge is -2.11. The monoisotopic (exact) mass is 391 g/mol. The number of aliphatic imine (C=N–C) groups is 1. The lowest BCUT2D eigenvalue weighted by atomic mass is 10.1. The maximum atomic E-state index is 5.82. The summed E-state index contributed by atoms with van der Waals surface area (Å²) in [5.41, 5.74) is 6.92. The number of nitrogens with two attached hydrogens (primary N) is 1. The van der Waals surface area contributed by atoms with E-state index in [9.17, 15) is 0 Å². The molecule has 0 aliphatic carbocycles. The van der Waals surface area contributed by atoms with Crippen LogP contribution >= 0.6 is 24.0 Å². The summed E-state index contributed by atoms with van der Waals surface area (Å²) in [5, 5.41) is 3.12. The molecule has 0 aromatic carbocycles. The van der Waals surface area contributed by atoms with Gasteiger partial charge in [0.15, 0.2) is 5.96 Å². The van der Waals surface area contributed by atoms with Crippen molar-refractivity contribution in [3.8, 4) is 0 Å². The van der Waals surface area contributed by atoms with E-state index in [1.165, 1.54) is 0 Å². The van der Waals surface area contributed by atoms with E-state index in [2.05, 4.69) is 29.1 Å². The van der Waals surface area contributed by atoms with Gasteiger partial charge in [-0.05, 0) is 30.0 Å². The number of halogens is 1. The van der Waals surface area contributed by atoms with Crippen molar-refractivity contribution in [1.29, 1.82) is 0 Å². The van der Waals surface area contributed by atoms with Gasteiger partial charge in [-0.1, -0.05) is 13.8 Å². The van der Waals surface area contributed by atoms with Gasteiger partial charge in [-0.15, -0.1) is 24.0 Å². The lowest BCUT2D eigenvalue weighted by molar-refractivity contribution is 0.576. The van der Waals surface area contributed by atoms with Crippen LogP contribution in [-0.4, -0.2) is 31.6 Å². The first-order valence-electron chi connectivity index (χ1n) is 6.65. The summed E-state index contributed by atoms with van der Waals surface area (Å²) in [5.74, 6) is 2.10. The predicted molar refractivity (Wildman–Crippen MR) is 96.8 cm³/mol. The first-order valence-corrected chi connectivity index (χ1v) is 6.65. The fraction of sp³-hybridized carbons (Fsp3) is 0.571. The zero-order chi connectivity index (χ0) is 14.3. The van der Waals surface area contributed by atoms with Gasteiger partial charge in [-0.3, -0.25) is 0 Å². The second-order valence-corrected chi connectivity index (χ2v) is 5.23. The minimum Gasteiger partial charge on any atom is -0.370 e. The summed E-state index contributed by atoms with van der Waals surface area (Å²) in [6, 6.07) is 3.97. The van der Waals surface area contributed by atoms with Crippen LogP contribution in [0.5, 0.6) is 0 Å². The molecule has 114 valence electrons. The molecule has 1 rings (SSSR count). The van der Waals surface area contributed by atoms with Crippen LogP contribution in [0, 0.1) is 5.92 Å². The Bertz CT molecular complexity index is 418. The highest BCUT2D eigenvalue weighted by atomic mass is 127. The molecule has 0 bridgehead atoms. The molecule has 0 saturated carbocycles. The Morgan fingerprint density at radius 2 is 2.15 bits per heavy atom. The zero-order valence-corrected chi connectivity index (χ0v) is 15.1. The third-order valence-electron chi connectivity index (χ3n) is 2.73. The molecule has 0 spiro atoms. The van der Waals surface area contributed by atoms with Gasteiger partial charge in [0.1, 0.15) is 5.82 Å². The number of hydrogen-bond donors (Lipinski definition) is 2. The molecule has 0 saturated heterocycles. The standard InChI is InChI=1S/C14H25N5.HI/c1-11(2)5-7-17-14(15)18-10-12-6-8-16-13(9-12)19(3)4;/h6,8-9,11H,5,7,10H2,1-4H3,(H3,15,17,18);1H. The Balaban J connectivity index is 0.00000361. The van der Waals surface area contributed by atoms with Crippen LogP contribution in [0.1, 0.15) is 25.8 Å². The summed E-state index contributed by atoms with van der Waals surface area (Å²) in [4.78, 5) is 10.6. The lowest BCUT2D eigenvalue weighted by Crippen LogP contribution is -2.32. The Labute approximate surface area is 139 Å². The number of rotatable bonds is 6. The minimum absolute atomic E-state index is 0. The zero-order valence-electron chi connectivity index (χ0n) is 12.8. The summed E-state index contributed by atoms with van der Waals surface area (Å²) < 4.78 is 0. The molecule has 6 heteroatoms. The molecule has 0 aliphatic heterocycles. The Hall–Kier alpha value is -1.05. The second-order valence-electron chi connectivity index (χ2n) is 5.23. The third-order valence-corrected chi connectivity index (χ3v) is 2.73. The van der Waals surface area contributed by atoms with E-state index >= 15 is 0 Å². The molecule has 0 amide bonds. The number of nitrogens with zero attached hydrogens (tertiary/aromatic N) is 3. The van der Waals surface area contributed by atoms with Crippen LogP contribution in [-0.2, 0) is 6.54 Å². The summed E-state index contributed by atoms with van der Waals surface area (Å²) in [7, 11) is 3.94. The van der Waals surface area contributed by atoms with Crippen molar-refractivity contribution >= 4 is 35.8 Å². The Morgan fingerprint density at radius 3 is 2.75 bits per heavy atom. The van der Waals surface area contributed by atoms with Crippen molar-refractivity contribution in [2.45, 2.75) is 26.8 Å². The summed E-state index contributed by atoms with van der Waals surface area (Å²) in [6.07, 6.45) is 2.89. The quantitative estimate of drug-likeness (QED) is 0.443. The van der Waals surface area contributed by atoms with Crippen LogP contribution in [0.15, 0.2) is 23.3 Å². The Morgan fingerprint density at radius 1 is 1.45 bits per heavy atom. The number of anilines is 1. The molecule has 0 unspecified atom stereocenters. The molecular weight excluding hydrogens is 365 g/mol. The third kappa shape index (κ3) is 7.52. The minimum atomic E-state index is 0. The van der Waals surface area contributed by atoms with E-state index in [1.807, 2.05) is 31.1 Å². The highest BCUT2D eigenvalue weighted by Crippen LogP contribution is 2.10. The number of hydrogen-bond acceptors (Lipinski definition) is 3. The van der Waals surface area contributed by atoms with Gasteiger partial charge in [0.05, 0.1) is 6.54 Å². The largest absolute Gasteiger partial charge is 0.370 e. The molecule has 3 N–H and O–H groups in total. The number of nitrogens with one attached hydrogen (secondary N) is 1. The van der Waals surface area contributed by atoms with Crippen molar-refractivity contribution in [2.75, 3.05) is 25.5 Å². The molecule has 0 aliphatic rings. The molecular formula is C14H26IN5. The van der Waals surface area contributed by atoms with Gasteiger partial charge in [-0.25, -0.2) is 9.98 Å². The fourth-order valence-electron chi connectivity index (χ4n) is 1.52. The number of pyridine rings is 1. The van der Waals surface area contributed by atoms with Crippen molar-refractivity contribution in [1.82, 2.24) is 10.3 Å². The maximum Gasteiger partial charge on any atom is 0.188 e. The van der Waals surface area contributed by atoms with Crippen molar-refractivity contribution in [2.24, 2.45) is 16.6 Å². The summed E-state index contributed by atoms with van der Waals surface area (Å²) in [6.45, 7) is 5.82. The van der Waals surface area contributed by atoms with Crippen LogP contribution < -0.4 is 16.0 Å². The van der Waals surface area contributed by atoms with E-state index in [0.717, 1.165) is 24.3 Å². The van der Waals surface area contributed by atoms with Gasteiger partial charge >= 0.3 is 0 Å². The molecule has 20 heavy (non-hydrogen) atoms. The van der Waals surface area contributed by atoms with Gasteiger partial charge in [0.25, 0.3) is 0 Å². The van der Waals surface area contributed by atoms with E-state index < -0.39 is 0 Å². The van der Waals surface area contributed by atoms with Crippen molar-refractivity contribution < 1.29 is 0 Å². The van der Waals surface area contributed by atoms with E-state index in [4.69, 9.17) is 5.73 Å². The molecule has 0 fully saturated rings. The Kier molecular flexibility index (Phi) is 9.28. The number of aromatic nitrogens is 1. The van der Waals surface area contributed by atoms with Crippen molar-refractivity contribution in [3.63, 3.8) is 0 Å².